The molecule has 0 aliphatic rings. The number of rotatable bonds is 12. The van der Waals surface area contributed by atoms with Gasteiger partial charge in [-0.05, 0) is 61.4 Å². The normalized spacial score (nSPS) is 12.1. The number of benzene rings is 3. The van der Waals surface area contributed by atoms with E-state index < -0.39 is 39.3 Å². The number of carboxylic acid groups (broad SMARTS) is 1. The fraction of sp³-hybridized carbons (Fsp3) is 0.250. The van der Waals surface area contributed by atoms with Gasteiger partial charge in [0.15, 0.2) is 11.5 Å². The number of aromatic carboxylic acids is 1. The van der Waals surface area contributed by atoms with E-state index in [4.69, 9.17) is 9.47 Å². The molecule has 0 fully saturated rings. The Morgan fingerprint density at radius 2 is 1.80 bits per heavy atom. The monoisotopic (exact) mass is 583 g/mol. The third-order valence-corrected chi connectivity index (χ3v) is 6.89. The number of phenols is 1. The van der Waals surface area contributed by atoms with Crippen molar-refractivity contribution >= 4 is 39.5 Å². The Labute approximate surface area is 236 Å². The van der Waals surface area contributed by atoms with E-state index >= 15 is 0 Å². The summed E-state index contributed by atoms with van der Waals surface area (Å²) in [6, 6.07) is 11.7. The smallest absolute Gasteiger partial charge is 0.339 e. The van der Waals surface area contributed by atoms with Crippen LogP contribution in [-0.4, -0.2) is 67.5 Å². The highest BCUT2D eigenvalue weighted by molar-refractivity contribution is 7.90. The minimum Gasteiger partial charge on any atom is -0.507 e. The van der Waals surface area contributed by atoms with E-state index in [-0.39, 0.29) is 28.9 Å². The molecule has 1 atom stereocenters. The van der Waals surface area contributed by atoms with Crippen LogP contribution < -0.4 is 9.47 Å². The summed E-state index contributed by atoms with van der Waals surface area (Å²) in [7, 11) is -2.25. The molecule has 0 unspecified atom stereocenters. The van der Waals surface area contributed by atoms with Crippen LogP contribution in [0.4, 0.5) is 11.4 Å². The van der Waals surface area contributed by atoms with E-state index in [1.165, 1.54) is 25.3 Å². The molecule has 0 spiro atoms. The third kappa shape index (κ3) is 7.45. The predicted molar refractivity (Wildman–Crippen MR) is 149 cm³/mol. The first-order chi connectivity index (χ1) is 19.4. The molecule has 0 saturated carbocycles. The molecule has 13 heteroatoms. The summed E-state index contributed by atoms with van der Waals surface area (Å²) < 4.78 is 35.7. The Bertz CT molecular complexity index is 1600. The first-order valence-electron chi connectivity index (χ1n) is 12.2. The number of carbonyl (C=O) groups is 3. The number of aryl methyl sites for hydroxylation is 1. The highest BCUT2D eigenvalue weighted by atomic mass is 32.2. The van der Waals surface area contributed by atoms with Crippen LogP contribution in [0.2, 0.25) is 0 Å². The molecule has 41 heavy (non-hydrogen) atoms. The van der Waals surface area contributed by atoms with Gasteiger partial charge in [-0.15, -0.1) is 5.11 Å². The number of methoxy groups -OCH3 is 1. The fourth-order valence-corrected chi connectivity index (χ4v) is 4.99. The van der Waals surface area contributed by atoms with Gasteiger partial charge in [0.25, 0.3) is 5.91 Å². The van der Waals surface area contributed by atoms with Gasteiger partial charge in [-0.25, -0.2) is 13.2 Å². The number of carboxylic acids is 1. The first kappa shape index (κ1) is 30.8. The van der Waals surface area contributed by atoms with Crippen LogP contribution in [0.1, 0.15) is 44.8 Å². The molecular formula is C28H29N3O9S. The molecular weight excluding hydrogens is 554 g/mol. The van der Waals surface area contributed by atoms with Gasteiger partial charge < -0.3 is 19.7 Å². The van der Waals surface area contributed by atoms with E-state index in [9.17, 15) is 33.0 Å². The fourth-order valence-electron chi connectivity index (χ4n) is 4.07. The maximum Gasteiger partial charge on any atom is 0.339 e. The van der Waals surface area contributed by atoms with Crippen LogP contribution >= 0.6 is 0 Å². The molecule has 0 aliphatic carbocycles. The van der Waals surface area contributed by atoms with Crippen LogP contribution in [-0.2, 0) is 14.6 Å². The zero-order chi connectivity index (χ0) is 30.3. The van der Waals surface area contributed by atoms with Gasteiger partial charge in [0.2, 0.25) is 6.41 Å². The number of sulfone groups is 1. The molecule has 0 saturated heterocycles. The number of nitrogens with zero attached hydrogens (tertiary/aromatic N) is 3. The van der Waals surface area contributed by atoms with E-state index in [1.54, 1.807) is 38.1 Å². The second kappa shape index (κ2) is 13.0. The van der Waals surface area contributed by atoms with Crippen LogP contribution in [0.5, 0.6) is 17.2 Å². The maximum atomic E-state index is 13.9. The summed E-state index contributed by atoms with van der Waals surface area (Å²) in [5.74, 6) is -2.51. The van der Waals surface area contributed by atoms with Gasteiger partial charge in [0.05, 0.1) is 42.4 Å². The van der Waals surface area contributed by atoms with Crippen molar-refractivity contribution in [2.75, 3.05) is 25.7 Å². The lowest BCUT2D eigenvalue weighted by molar-refractivity contribution is -0.117. The van der Waals surface area contributed by atoms with Crippen LogP contribution in [0, 0.1) is 6.92 Å². The van der Waals surface area contributed by atoms with E-state index in [2.05, 4.69) is 10.2 Å². The summed E-state index contributed by atoms with van der Waals surface area (Å²) in [5, 5.41) is 27.1. The molecule has 0 aliphatic heterocycles. The predicted octanol–water partition coefficient (Wildman–Crippen LogP) is 4.61. The SMILES string of the molecule is CCOc1cc([C@@H](CS(C)(=O)=O)N(C=O)C(=O)c2c(C)cccc2/N=N/c2ccc(O)c(C(=O)O)c2)ccc1OC. The number of imide groups is 1. The highest BCUT2D eigenvalue weighted by Crippen LogP contribution is 2.35. The number of hydrogen-bond acceptors (Lipinski definition) is 10. The van der Waals surface area contributed by atoms with Gasteiger partial charge in [-0.2, -0.15) is 5.11 Å². The van der Waals surface area contributed by atoms with E-state index in [0.717, 1.165) is 23.3 Å². The standard InChI is InChI=1S/C28H29N3O9S/c1-5-40-25-13-18(9-12-24(25)39-3)22(15-41(4,37)38)31(16-32)27(34)26-17(2)7-6-8-21(26)30-29-19-10-11-23(33)20(14-19)28(35)36/h6-14,16,22,33H,5,15H2,1-4H3,(H,35,36)/b30-29+/t22-/m1/s1. The molecule has 2 N–H and O–H groups in total. The molecule has 0 aromatic heterocycles. The van der Waals surface area contributed by atoms with Crippen molar-refractivity contribution in [3.05, 3.63) is 76.9 Å². The number of carbonyl (C=O) groups excluding carboxylic acids is 2. The zero-order valence-electron chi connectivity index (χ0n) is 22.8. The molecule has 216 valence electrons. The van der Waals surface area contributed by atoms with Crippen molar-refractivity contribution < 1.29 is 42.5 Å². The summed E-state index contributed by atoms with van der Waals surface area (Å²) in [4.78, 5) is 38.4. The third-order valence-electron chi connectivity index (χ3n) is 5.97. The number of azo groups is 1. The van der Waals surface area contributed by atoms with Crippen molar-refractivity contribution in [3.63, 3.8) is 0 Å². The van der Waals surface area contributed by atoms with Gasteiger partial charge in [-0.3, -0.25) is 14.5 Å². The Morgan fingerprint density at radius 1 is 1.07 bits per heavy atom. The first-order valence-corrected chi connectivity index (χ1v) is 14.3. The molecule has 0 bridgehead atoms. The molecule has 12 nitrogen and oxygen atoms in total. The largest absolute Gasteiger partial charge is 0.507 e. The average molecular weight is 584 g/mol. The maximum absolute atomic E-state index is 13.9. The molecule has 3 aromatic carbocycles. The average Bonchev–Trinajstić information content (AvgIpc) is 2.91. The molecule has 3 rings (SSSR count). The summed E-state index contributed by atoms with van der Waals surface area (Å²) in [5.41, 5.74) is 0.486. The van der Waals surface area contributed by atoms with Crippen LogP contribution in [0.3, 0.4) is 0 Å². The van der Waals surface area contributed by atoms with Crippen molar-refractivity contribution in [2.24, 2.45) is 10.2 Å². The quantitative estimate of drug-likeness (QED) is 0.228. The number of aromatic hydroxyl groups is 1. The van der Waals surface area contributed by atoms with Gasteiger partial charge >= 0.3 is 5.97 Å². The van der Waals surface area contributed by atoms with Crippen molar-refractivity contribution in [1.82, 2.24) is 4.90 Å². The Morgan fingerprint density at radius 3 is 2.41 bits per heavy atom. The van der Waals surface area contributed by atoms with Gasteiger partial charge in [0.1, 0.15) is 21.2 Å². The van der Waals surface area contributed by atoms with Crippen molar-refractivity contribution in [2.45, 2.75) is 19.9 Å². The number of ether oxygens (including phenoxy) is 2. The minimum atomic E-state index is -3.70. The molecule has 2 amide bonds. The Hall–Kier alpha value is -4.78. The molecule has 3 aromatic rings. The minimum absolute atomic E-state index is 0.0161. The summed E-state index contributed by atoms with van der Waals surface area (Å²) in [6.07, 6.45) is 1.26. The second-order valence-corrected chi connectivity index (χ2v) is 11.1. The van der Waals surface area contributed by atoms with E-state index in [1.807, 2.05) is 0 Å². The van der Waals surface area contributed by atoms with E-state index in [0.29, 0.717) is 29.2 Å². The van der Waals surface area contributed by atoms with Crippen LogP contribution in [0.25, 0.3) is 0 Å². The zero-order valence-corrected chi connectivity index (χ0v) is 23.6. The summed E-state index contributed by atoms with van der Waals surface area (Å²) >= 11 is 0. The number of hydrogen-bond donors (Lipinski definition) is 2. The Balaban J connectivity index is 2.10. The Kier molecular flexibility index (Phi) is 9.79. The van der Waals surface area contributed by atoms with Gasteiger partial charge in [0, 0.05) is 6.26 Å². The van der Waals surface area contributed by atoms with Crippen molar-refractivity contribution in [3.8, 4) is 17.2 Å². The molecule has 0 radical (unpaired) electrons. The van der Waals surface area contributed by atoms with Crippen LogP contribution in [0.15, 0.2) is 64.8 Å². The highest BCUT2D eigenvalue weighted by Gasteiger charge is 2.32. The lowest BCUT2D eigenvalue weighted by Gasteiger charge is -2.28. The van der Waals surface area contributed by atoms with Crippen molar-refractivity contribution in [1.29, 1.82) is 0 Å². The lowest BCUT2D eigenvalue weighted by atomic mass is 10.0. The summed E-state index contributed by atoms with van der Waals surface area (Å²) in [6.45, 7) is 3.67. The molecule has 0 heterocycles. The van der Waals surface area contributed by atoms with Gasteiger partial charge in [-0.1, -0.05) is 18.2 Å². The lowest BCUT2D eigenvalue weighted by Crippen LogP contribution is -2.37. The number of amides is 2. The topological polar surface area (TPSA) is 172 Å². The second-order valence-electron chi connectivity index (χ2n) is 8.94.